The van der Waals surface area contributed by atoms with Crippen molar-refractivity contribution in [1.82, 2.24) is 0 Å². The second kappa shape index (κ2) is 8.75. The number of nitrogens with zero attached hydrogens (tertiary/aromatic N) is 1. The summed E-state index contributed by atoms with van der Waals surface area (Å²) in [4.78, 5) is -0.669. The molecule has 0 saturated carbocycles. The van der Waals surface area contributed by atoms with Gasteiger partial charge in [-0.15, -0.1) is 0 Å². The third-order valence-corrected chi connectivity index (χ3v) is 6.26. The van der Waals surface area contributed by atoms with Gasteiger partial charge in [-0.3, -0.25) is 0 Å². The third kappa shape index (κ3) is 5.43. The molecule has 3 rings (SSSR count). The van der Waals surface area contributed by atoms with E-state index in [1.807, 2.05) is 0 Å². The first-order chi connectivity index (χ1) is 15.3. The molecule has 3 aromatic carbocycles. The summed E-state index contributed by atoms with van der Waals surface area (Å²) in [5.74, 6) is 0. The van der Waals surface area contributed by atoms with E-state index in [0.717, 1.165) is 6.08 Å². The summed E-state index contributed by atoms with van der Waals surface area (Å²) in [7, 11) is -4.11. The normalized spacial score (nSPS) is 12.9. The van der Waals surface area contributed by atoms with Gasteiger partial charge in [0.1, 0.15) is 11.0 Å². The Morgan fingerprint density at radius 1 is 0.758 bits per heavy atom. The number of allylic oxidation sites excluding steroid dienone is 1. The van der Waals surface area contributed by atoms with E-state index in [0.29, 0.717) is 12.1 Å². The number of alkyl halides is 6. The molecule has 0 aromatic heterocycles. The van der Waals surface area contributed by atoms with Crippen molar-refractivity contribution in [2.45, 2.75) is 17.2 Å². The van der Waals surface area contributed by atoms with Crippen molar-refractivity contribution in [2.75, 3.05) is 0 Å². The van der Waals surface area contributed by atoms with Gasteiger partial charge in [-0.1, -0.05) is 42.5 Å². The summed E-state index contributed by atoms with van der Waals surface area (Å²) in [6, 6.07) is 15.1. The van der Waals surface area contributed by atoms with Crippen LogP contribution >= 0.6 is 0 Å². The Kier molecular flexibility index (Phi) is 6.38. The second-order valence-corrected chi connectivity index (χ2v) is 8.77. The second-order valence-electron chi connectivity index (χ2n) is 6.85. The first-order valence-electron chi connectivity index (χ1n) is 9.14. The van der Waals surface area contributed by atoms with Crippen molar-refractivity contribution < 1.29 is 34.8 Å². The van der Waals surface area contributed by atoms with E-state index in [-0.39, 0.29) is 27.7 Å². The molecule has 0 atom stereocenters. The monoisotopic (exact) mass is 481 g/mol. The average molecular weight is 481 g/mol. The van der Waals surface area contributed by atoms with Gasteiger partial charge in [0.25, 0.3) is 0 Å². The van der Waals surface area contributed by atoms with Gasteiger partial charge in [-0.2, -0.15) is 31.6 Å². The van der Waals surface area contributed by atoms with Crippen LogP contribution in [0.1, 0.15) is 16.7 Å². The van der Waals surface area contributed by atoms with E-state index in [9.17, 15) is 40.0 Å². The van der Waals surface area contributed by atoms with Crippen molar-refractivity contribution in [2.24, 2.45) is 0 Å². The number of rotatable bonds is 4. The van der Waals surface area contributed by atoms with Crippen LogP contribution in [0.5, 0.6) is 0 Å². The molecular formula is C23H13F6NO2S. The molecule has 0 aliphatic heterocycles. The van der Waals surface area contributed by atoms with Crippen LogP contribution in [0.25, 0.3) is 17.2 Å². The van der Waals surface area contributed by atoms with Crippen LogP contribution < -0.4 is 0 Å². The predicted octanol–water partition coefficient (Wildman–Crippen LogP) is 6.73. The Hall–Kier alpha value is -3.58. The number of halogens is 6. The Labute approximate surface area is 185 Å². The minimum atomic E-state index is -4.98. The van der Waals surface area contributed by atoms with Crippen LogP contribution in [0.4, 0.5) is 26.3 Å². The number of sulfone groups is 1. The molecule has 0 unspecified atom stereocenters. The van der Waals surface area contributed by atoms with Crippen molar-refractivity contribution in [3.05, 3.63) is 94.4 Å². The van der Waals surface area contributed by atoms with Crippen molar-refractivity contribution in [1.29, 1.82) is 5.26 Å². The van der Waals surface area contributed by atoms with Crippen LogP contribution in [0.2, 0.25) is 0 Å². The maximum absolute atomic E-state index is 13.1. The van der Waals surface area contributed by atoms with Crippen LogP contribution in [0.15, 0.2) is 82.6 Å². The standard InChI is InChI=1S/C23H13F6NO2S/c24-22(25,26)18-11-17(12-19(13-18)23(27,28)29)16-8-6-15(7-9-16)10-21(14-30)33(31,32)20-4-2-1-3-5-20/h1-13H/b21-10+. The first-order valence-corrected chi connectivity index (χ1v) is 10.6. The lowest BCUT2D eigenvalue weighted by molar-refractivity contribution is -0.143. The predicted molar refractivity (Wildman–Crippen MR) is 109 cm³/mol. The van der Waals surface area contributed by atoms with Gasteiger partial charge in [0.15, 0.2) is 0 Å². The highest BCUT2D eigenvalue weighted by atomic mass is 32.2. The molecule has 0 fully saturated rings. The molecule has 33 heavy (non-hydrogen) atoms. The summed E-state index contributed by atoms with van der Waals surface area (Å²) in [5, 5.41) is 9.32. The van der Waals surface area contributed by atoms with Gasteiger partial charge >= 0.3 is 12.4 Å². The van der Waals surface area contributed by atoms with Crippen LogP contribution in [-0.2, 0) is 22.2 Å². The molecule has 0 aliphatic carbocycles. The molecule has 0 radical (unpaired) electrons. The first kappa shape index (κ1) is 24.1. The molecule has 0 N–H and O–H groups in total. The van der Waals surface area contributed by atoms with Gasteiger partial charge in [0.05, 0.1) is 16.0 Å². The van der Waals surface area contributed by atoms with Gasteiger partial charge in [0.2, 0.25) is 9.84 Å². The lowest BCUT2D eigenvalue weighted by atomic mass is 9.98. The minimum Gasteiger partial charge on any atom is -0.218 e. The zero-order chi connectivity index (χ0) is 24.4. The maximum Gasteiger partial charge on any atom is 0.416 e. The summed E-state index contributed by atoms with van der Waals surface area (Å²) in [5.41, 5.74) is -2.94. The molecule has 0 heterocycles. The fourth-order valence-electron chi connectivity index (χ4n) is 2.94. The van der Waals surface area contributed by atoms with E-state index >= 15 is 0 Å². The summed E-state index contributed by atoms with van der Waals surface area (Å²) in [6.07, 6.45) is -8.89. The Morgan fingerprint density at radius 2 is 1.27 bits per heavy atom. The largest absolute Gasteiger partial charge is 0.416 e. The zero-order valence-electron chi connectivity index (χ0n) is 16.4. The molecule has 0 aliphatic rings. The molecule has 170 valence electrons. The van der Waals surface area contributed by atoms with Crippen LogP contribution in [-0.4, -0.2) is 8.42 Å². The van der Waals surface area contributed by atoms with Gasteiger partial charge in [0, 0.05) is 0 Å². The molecule has 0 spiro atoms. The maximum atomic E-state index is 13.1. The van der Waals surface area contributed by atoms with Crippen molar-refractivity contribution >= 4 is 15.9 Å². The number of nitriles is 1. The lowest BCUT2D eigenvalue weighted by Gasteiger charge is -2.14. The number of hydrogen-bond acceptors (Lipinski definition) is 3. The number of benzene rings is 3. The van der Waals surface area contributed by atoms with Gasteiger partial charge < -0.3 is 0 Å². The highest BCUT2D eigenvalue weighted by Crippen LogP contribution is 2.38. The Bertz CT molecular complexity index is 1300. The van der Waals surface area contributed by atoms with E-state index in [2.05, 4.69) is 0 Å². The Morgan fingerprint density at radius 3 is 1.73 bits per heavy atom. The number of hydrogen-bond donors (Lipinski definition) is 0. The highest BCUT2D eigenvalue weighted by Gasteiger charge is 2.37. The van der Waals surface area contributed by atoms with Gasteiger partial charge in [-0.05, 0) is 53.1 Å². The SMILES string of the molecule is N#C/C(=C\c1ccc(-c2cc(C(F)(F)F)cc(C(F)(F)F)c2)cc1)S(=O)(=O)c1ccccc1. The average Bonchev–Trinajstić information content (AvgIpc) is 2.77. The molecular weight excluding hydrogens is 468 g/mol. The minimum absolute atomic E-state index is 0.0360. The summed E-state index contributed by atoms with van der Waals surface area (Å²) >= 11 is 0. The highest BCUT2D eigenvalue weighted by molar-refractivity contribution is 7.95. The van der Waals surface area contributed by atoms with Crippen molar-refractivity contribution in [3.8, 4) is 17.2 Å². The molecule has 10 heteroatoms. The quantitative estimate of drug-likeness (QED) is 0.307. The summed E-state index contributed by atoms with van der Waals surface area (Å²) < 4.78 is 104. The molecule has 0 bridgehead atoms. The summed E-state index contributed by atoms with van der Waals surface area (Å²) in [6.45, 7) is 0. The van der Waals surface area contributed by atoms with Crippen LogP contribution in [0.3, 0.4) is 0 Å². The fraction of sp³-hybridized carbons (Fsp3) is 0.0870. The topological polar surface area (TPSA) is 57.9 Å². The molecule has 3 aromatic rings. The van der Waals surface area contributed by atoms with E-state index < -0.39 is 38.2 Å². The van der Waals surface area contributed by atoms with E-state index in [4.69, 9.17) is 0 Å². The molecule has 0 saturated heterocycles. The smallest absolute Gasteiger partial charge is 0.218 e. The van der Waals surface area contributed by atoms with Crippen LogP contribution in [0, 0.1) is 11.3 Å². The van der Waals surface area contributed by atoms with Crippen molar-refractivity contribution in [3.63, 3.8) is 0 Å². The lowest BCUT2D eigenvalue weighted by Crippen LogP contribution is -2.11. The van der Waals surface area contributed by atoms with E-state index in [1.165, 1.54) is 48.5 Å². The zero-order valence-corrected chi connectivity index (χ0v) is 17.3. The van der Waals surface area contributed by atoms with Gasteiger partial charge in [-0.25, -0.2) is 8.42 Å². The fourth-order valence-corrected chi connectivity index (χ4v) is 4.12. The molecule has 0 amide bonds. The molecule has 3 nitrogen and oxygen atoms in total. The third-order valence-electron chi connectivity index (χ3n) is 4.58. The Balaban J connectivity index is 2.02. The van der Waals surface area contributed by atoms with E-state index in [1.54, 1.807) is 12.1 Å².